The highest BCUT2D eigenvalue weighted by molar-refractivity contribution is 5.83. The van der Waals surface area contributed by atoms with Crippen molar-refractivity contribution in [1.82, 2.24) is 4.90 Å². The third kappa shape index (κ3) is 3.29. The molecule has 1 aliphatic heterocycles. The lowest BCUT2D eigenvalue weighted by molar-refractivity contribution is -0.141. The maximum absolute atomic E-state index is 12.9. The zero-order valence-corrected chi connectivity index (χ0v) is 12.2. The Balaban J connectivity index is 2.00. The van der Waals surface area contributed by atoms with Gasteiger partial charge >= 0.3 is 0 Å². The fraction of sp³-hybridized carbons (Fsp3) is 0.933. The molecule has 1 heterocycles. The van der Waals surface area contributed by atoms with Crippen molar-refractivity contribution in [3.05, 3.63) is 0 Å². The quantitative estimate of drug-likeness (QED) is 0.791. The van der Waals surface area contributed by atoms with Gasteiger partial charge in [-0.25, -0.2) is 0 Å². The van der Waals surface area contributed by atoms with Crippen LogP contribution in [0, 0.1) is 11.3 Å². The third-order valence-electron chi connectivity index (χ3n) is 4.88. The van der Waals surface area contributed by atoms with Gasteiger partial charge in [-0.05, 0) is 19.3 Å². The molecule has 0 bridgehead atoms. The lowest BCUT2D eigenvalue weighted by Gasteiger charge is -2.34. The first-order valence-electron chi connectivity index (χ1n) is 7.70. The Kier molecular flexibility index (Phi) is 5.22. The predicted octanol–water partition coefficient (Wildman–Crippen LogP) is 1.78. The van der Waals surface area contributed by atoms with Crippen molar-refractivity contribution in [2.45, 2.75) is 44.9 Å². The van der Waals surface area contributed by atoms with Gasteiger partial charge in [-0.15, -0.1) is 0 Å². The summed E-state index contributed by atoms with van der Waals surface area (Å²) >= 11 is 0. The maximum atomic E-state index is 12.9. The first-order chi connectivity index (χ1) is 9.22. The zero-order valence-electron chi connectivity index (χ0n) is 12.2. The molecule has 1 amide bonds. The molecule has 0 radical (unpaired) electrons. The first-order valence-corrected chi connectivity index (χ1v) is 7.70. The Labute approximate surface area is 116 Å². The zero-order chi connectivity index (χ0) is 13.7. The molecule has 2 rings (SSSR count). The molecule has 1 atom stereocenters. The normalized spacial score (nSPS) is 27.3. The topological polar surface area (TPSA) is 55.6 Å². The number of hydrogen-bond acceptors (Lipinski definition) is 3. The van der Waals surface area contributed by atoms with Gasteiger partial charge in [-0.1, -0.05) is 25.7 Å². The smallest absolute Gasteiger partial charge is 0.230 e. The number of ether oxygens (including phenoxy) is 1. The summed E-state index contributed by atoms with van der Waals surface area (Å²) in [5.74, 6) is 0.824. The SMILES string of the molecule is COCC1CCN(C(=O)C2(CN)CCCCCC2)C1. The minimum Gasteiger partial charge on any atom is -0.384 e. The molecule has 1 aliphatic carbocycles. The summed E-state index contributed by atoms with van der Waals surface area (Å²) in [6.07, 6.45) is 7.83. The van der Waals surface area contributed by atoms with Gasteiger partial charge in [0.05, 0.1) is 12.0 Å². The highest BCUT2D eigenvalue weighted by Crippen LogP contribution is 2.37. The summed E-state index contributed by atoms with van der Waals surface area (Å²) in [4.78, 5) is 14.9. The van der Waals surface area contributed by atoms with Crippen molar-refractivity contribution >= 4 is 5.91 Å². The predicted molar refractivity (Wildman–Crippen MR) is 75.8 cm³/mol. The first kappa shape index (κ1) is 14.8. The van der Waals surface area contributed by atoms with Gasteiger partial charge in [-0.2, -0.15) is 0 Å². The second kappa shape index (κ2) is 6.71. The molecule has 4 heteroatoms. The van der Waals surface area contributed by atoms with E-state index >= 15 is 0 Å². The summed E-state index contributed by atoms with van der Waals surface area (Å²) in [5.41, 5.74) is 5.73. The maximum Gasteiger partial charge on any atom is 0.230 e. The van der Waals surface area contributed by atoms with Gasteiger partial charge in [0.15, 0.2) is 0 Å². The van der Waals surface area contributed by atoms with E-state index in [9.17, 15) is 4.79 Å². The van der Waals surface area contributed by atoms with Gasteiger partial charge in [-0.3, -0.25) is 4.79 Å². The summed E-state index contributed by atoms with van der Waals surface area (Å²) in [6.45, 7) is 3.01. The van der Waals surface area contributed by atoms with Crippen molar-refractivity contribution in [2.75, 3.05) is 33.4 Å². The van der Waals surface area contributed by atoms with Crippen LogP contribution >= 0.6 is 0 Å². The summed E-state index contributed by atoms with van der Waals surface area (Å²) in [7, 11) is 1.73. The summed E-state index contributed by atoms with van der Waals surface area (Å²) < 4.78 is 5.21. The van der Waals surface area contributed by atoms with Crippen molar-refractivity contribution in [2.24, 2.45) is 17.1 Å². The fourth-order valence-electron chi connectivity index (χ4n) is 3.63. The Bertz CT molecular complexity index is 299. The number of nitrogens with zero attached hydrogens (tertiary/aromatic N) is 1. The van der Waals surface area contributed by atoms with E-state index in [1.165, 1.54) is 12.8 Å². The molecule has 0 spiro atoms. The number of carbonyl (C=O) groups is 1. The van der Waals surface area contributed by atoms with Crippen LogP contribution in [0.25, 0.3) is 0 Å². The highest BCUT2D eigenvalue weighted by atomic mass is 16.5. The molecule has 2 N–H and O–H groups in total. The van der Waals surface area contributed by atoms with Crippen LogP contribution < -0.4 is 5.73 Å². The van der Waals surface area contributed by atoms with E-state index in [0.29, 0.717) is 18.4 Å². The van der Waals surface area contributed by atoms with Crippen molar-refractivity contribution in [1.29, 1.82) is 0 Å². The fourth-order valence-corrected chi connectivity index (χ4v) is 3.63. The van der Waals surface area contributed by atoms with E-state index in [0.717, 1.165) is 51.8 Å². The molecule has 2 fully saturated rings. The molecule has 1 saturated carbocycles. The monoisotopic (exact) mass is 268 g/mol. The second-order valence-electron chi connectivity index (χ2n) is 6.26. The lowest BCUT2D eigenvalue weighted by atomic mass is 9.79. The minimum absolute atomic E-state index is 0.265. The molecular weight excluding hydrogens is 240 g/mol. The molecule has 0 aromatic rings. The minimum atomic E-state index is -0.265. The number of nitrogens with two attached hydrogens (primary N) is 1. The van der Waals surface area contributed by atoms with E-state index in [-0.39, 0.29) is 5.41 Å². The third-order valence-corrected chi connectivity index (χ3v) is 4.88. The van der Waals surface area contributed by atoms with Crippen molar-refractivity contribution in [3.63, 3.8) is 0 Å². The number of hydrogen-bond donors (Lipinski definition) is 1. The van der Waals surface area contributed by atoms with Crippen molar-refractivity contribution in [3.8, 4) is 0 Å². The van der Waals surface area contributed by atoms with Gasteiger partial charge in [0.1, 0.15) is 0 Å². The Morgan fingerprint density at radius 3 is 2.58 bits per heavy atom. The molecule has 19 heavy (non-hydrogen) atoms. The van der Waals surface area contributed by atoms with Crippen LogP contribution in [0.15, 0.2) is 0 Å². The van der Waals surface area contributed by atoms with Gasteiger partial charge in [0.2, 0.25) is 5.91 Å². The number of methoxy groups -OCH3 is 1. The lowest BCUT2D eigenvalue weighted by Crippen LogP contribution is -2.47. The summed E-state index contributed by atoms with van der Waals surface area (Å²) in [6, 6.07) is 0. The van der Waals surface area contributed by atoms with Crippen LogP contribution in [-0.4, -0.2) is 44.2 Å². The van der Waals surface area contributed by atoms with Crippen LogP contribution in [0.1, 0.15) is 44.9 Å². The van der Waals surface area contributed by atoms with Crippen molar-refractivity contribution < 1.29 is 9.53 Å². The van der Waals surface area contributed by atoms with E-state index in [1.54, 1.807) is 7.11 Å². The number of amides is 1. The molecule has 110 valence electrons. The highest BCUT2D eigenvalue weighted by Gasteiger charge is 2.41. The number of likely N-dealkylation sites (tertiary alicyclic amines) is 1. The average molecular weight is 268 g/mol. The Morgan fingerprint density at radius 2 is 2.00 bits per heavy atom. The molecule has 1 saturated heterocycles. The molecule has 2 aliphatic rings. The van der Waals surface area contributed by atoms with Crippen LogP contribution in [0.2, 0.25) is 0 Å². The van der Waals surface area contributed by atoms with Crippen LogP contribution in [0.4, 0.5) is 0 Å². The second-order valence-corrected chi connectivity index (χ2v) is 6.26. The number of rotatable bonds is 4. The van der Waals surface area contributed by atoms with E-state index in [2.05, 4.69) is 0 Å². The largest absolute Gasteiger partial charge is 0.384 e. The molecule has 0 aromatic heterocycles. The molecule has 1 unspecified atom stereocenters. The molecule has 4 nitrogen and oxygen atoms in total. The van der Waals surface area contributed by atoms with E-state index in [1.807, 2.05) is 4.90 Å². The van der Waals surface area contributed by atoms with Crippen LogP contribution in [-0.2, 0) is 9.53 Å². The van der Waals surface area contributed by atoms with Gasteiger partial charge in [0.25, 0.3) is 0 Å². The summed E-state index contributed by atoms with van der Waals surface area (Å²) in [5, 5.41) is 0. The molecular formula is C15H28N2O2. The standard InChI is InChI=1S/C15H28N2O2/c1-19-11-13-6-9-17(10-13)14(18)15(12-16)7-4-2-3-5-8-15/h13H,2-12,16H2,1H3. The van der Waals surface area contributed by atoms with E-state index < -0.39 is 0 Å². The average Bonchev–Trinajstić information content (AvgIpc) is 2.75. The van der Waals surface area contributed by atoms with Crippen LogP contribution in [0.5, 0.6) is 0 Å². The number of carbonyl (C=O) groups excluding carboxylic acids is 1. The Hall–Kier alpha value is -0.610. The van der Waals surface area contributed by atoms with Gasteiger partial charge in [0, 0.05) is 32.7 Å². The Morgan fingerprint density at radius 1 is 1.32 bits per heavy atom. The van der Waals surface area contributed by atoms with Crippen LogP contribution in [0.3, 0.4) is 0 Å². The molecule has 0 aromatic carbocycles. The van der Waals surface area contributed by atoms with E-state index in [4.69, 9.17) is 10.5 Å². The van der Waals surface area contributed by atoms with Gasteiger partial charge < -0.3 is 15.4 Å².